The number of hydrogen-bond donors (Lipinski definition) is 2. The normalized spacial score (nSPS) is 17.6. The van der Waals surface area contributed by atoms with Crippen LogP contribution in [0.25, 0.3) is 0 Å². The van der Waals surface area contributed by atoms with Gasteiger partial charge < -0.3 is 11.1 Å². The summed E-state index contributed by atoms with van der Waals surface area (Å²) in [4.78, 5) is 12.7. The molecule has 0 bridgehead atoms. The van der Waals surface area contributed by atoms with Crippen molar-refractivity contribution in [2.75, 3.05) is 5.32 Å². The number of rotatable bonds is 5. The number of aromatic nitrogens is 2. The molecule has 0 atom stereocenters. The third-order valence-corrected chi connectivity index (χ3v) is 4.20. The average molecular weight is 278 g/mol. The lowest BCUT2D eigenvalue weighted by Gasteiger charge is -2.29. The van der Waals surface area contributed by atoms with Gasteiger partial charge in [0.2, 0.25) is 5.91 Å². The van der Waals surface area contributed by atoms with Gasteiger partial charge in [-0.3, -0.25) is 9.48 Å². The smallest absolute Gasteiger partial charge is 0.231 e. The lowest BCUT2D eigenvalue weighted by molar-refractivity contribution is -0.126. The quantitative estimate of drug-likeness (QED) is 0.868. The summed E-state index contributed by atoms with van der Waals surface area (Å²) in [5, 5.41) is 7.33. The third-order valence-electron chi connectivity index (χ3n) is 4.20. The van der Waals surface area contributed by atoms with Crippen molar-refractivity contribution in [2.45, 2.75) is 52.5 Å². The van der Waals surface area contributed by atoms with E-state index < -0.39 is 0 Å². The second-order valence-corrected chi connectivity index (χ2v) is 6.42. The van der Waals surface area contributed by atoms with Crippen molar-refractivity contribution in [3.05, 3.63) is 11.8 Å². The summed E-state index contributed by atoms with van der Waals surface area (Å²) in [7, 11) is 1.84. The predicted molar refractivity (Wildman–Crippen MR) is 80.1 cm³/mol. The van der Waals surface area contributed by atoms with Crippen LogP contribution in [0.4, 0.5) is 5.82 Å². The topological polar surface area (TPSA) is 72.9 Å². The number of carbonyl (C=O) groups excluding carboxylic acids is 1. The van der Waals surface area contributed by atoms with Crippen molar-refractivity contribution in [2.24, 2.45) is 24.1 Å². The van der Waals surface area contributed by atoms with Crippen molar-refractivity contribution in [1.29, 1.82) is 0 Å². The fraction of sp³-hybridized carbons (Fsp3) is 0.733. The van der Waals surface area contributed by atoms with Crippen LogP contribution in [0.2, 0.25) is 0 Å². The molecule has 1 saturated carbocycles. The first-order valence-corrected chi connectivity index (χ1v) is 7.51. The number of amides is 1. The van der Waals surface area contributed by atoms with Gasteiger partial charge in [0.05, 0.1) is 0 Å². The van der Waals surface area contributed by atoms with Crippen molar-refractivity contribution in [1.82, 2.24) is 9.78 Å². The van der Waals surface area contributed by atoms with Gasteiger partial charge in [0.15, 0.2) is 5.82 Å². The van der Waals surface area contributed by atoms with E-state index in [9.17, 15) is 4.79 Å². The van der Waals surface area contributed by atoms with Crippen LogP contribution in [0.5, 0.6) is 0 Å². The lowest BCUT2D eigenvalue weighted by Crippen LogP contribution is -2.35. The van der Waals surface area contributed by atoms with Crippen molar-refractivity contribution >= 4 is 11.7 Å². The largest absolute Gasteiger partial charge is 0.326 e. The maximum Gasteiger partial charge on any atom is 0.231 e. The van der Waals surface area contributed by atoms with E-state index in [1.165, 1.54) is 0 Å². The zero-order valence-corrected chi connectivity index (χ0v) is 12.8. The average Bonchev–Trinajstić information content (AvgIpc) is 2.96. The molecular formula is C15H26N4O. The van der Waals surface area contributed by atoms with Crippen LogP contribution < -0.4 is 11.1 Å². The Bertz CT molecular complexity index is 472. The fourth-order valence-corrected chi connectivity index (χ4v) is 3.39. The van der Waals surface area contributed by atoms with Gasteiger partial charge in [0, 0.05) is 30.8 Å². The first kappa shape index (κ1) is 15.0. The van der Waals surface area contributed by atoms with Gasteiger partial charge in [0.1, 0.15) is 0 Å². The Hall–Kier alpha value is -1.36. The standard InChI is InChI=1S/C15H26N4O/c1-11(2)8-15(6-4-5-7-15)14(20)17-13-12(9-16)10-19(3)18-13/h10-11H,4-9,16H2,1-3H3,(H,17,18,20). The monoisotopic (exact) mass is 278 g/mol. The molecular weight excluding hydrogens is 252 g/mol. The van der Waals surface area contributed by atoms with E-state index in [4.69, 9.17) is 5.73 Å². The molecule has 0 aromatic carbocycles. The summed E-state index contributed by atoms with van der Waals surface area (Å²) in [6.45, 7) is 4.75. The van der Waals surface area contributed by atoms with Crippen LogP contribution in [0.3, 0.4) is 0 Å². The number of nitrogens with one attached hydrogen (secondary N) is 1. The maximum atomic E-state index is 12.7. The van der Waals surface area contributed by atoms with Gasteiger partial charge in [0.25, 0.3) is 0 Å². The molecule has 0 saturated heterocycles. The van der Waals surface area contributed by atoms with E-state index in [0.29, 0.717) is 18.3 Å². The van der Waals surface area contributed by atoms with E-state index >= 15 is 0 Å². The summed E-state index contributed by atoms with van der Waals surface area (Å²) in [5.74, 6) is 1.27. The Kier molecular flexibility index (Phi) is 4.48. The molecule has 0 spiro atoms. The molecule has 1 heterocycles. The highest BCUT2D eigenvalue weighted by molar-refractivity contribution is 5.95. The summed E-state index contributed by atoms with van der Waals surface area (Å²) in [6.07, 6.45) is 7.07. The molecule has 1 aliphatic rings. The lowest BCUT2D eigenvalue weighted by atomic mass is 9.77. The van der Waals surface area contributed by atoms with E-state index in [0.717, 1.165) is 37.7 Å². The maximum absolute atomic E-state index is 12.7. The van der Waals surface area contributed by atoms with Gasteiger partial charge in [-0.1, -0.05) is 26.7 Å². The Morgan fingerprint density at radius 1 is 1.50 bits per heavy atom. The highest BCUT2D eigenvalue weighted by atomic mass is 16.2. The summed E-state index contributed by atoms with van der Waals surface area (Å²) >= 11 is 0. The molecule has 1 fully saturated rings. The van der Waals surface area contributed by atoms with Crippen molar-refractivity contribution in [3.63, 3.8) is 0 Å². The van der Waals surface area contributed by atoms with Crippen LogP contribution in [0, 0.1) is 11.3 Å². The van der Waals surface area contributed by atoms with Crippen LogP contribution in [0.15, 0.2) is 6.20 Å². The zero-order chi connectivity index (χ0) is 14.8. The molecule has 0 unspecified atom stereocenters. The first-order chi connectivity index (χ1) is 9.47. The van der Waals surface area contributed by atoms with Gasteiger partial charge in [-0.15, -0.1) is 0 Å². The number of nitrogens with two attached hydrogens (primary N) is 1. The highest BCUT2D eigenvalue weighted by Gasteiger charge is 2.41. The number of aryl methyl sites for hydroxylation is 1. The first-order valence-electron chi connectivity index (χ1n) is 7.51. The molecule has 5 nitrogen and oxygen atoms in total. The molecule has 0 radical (unpaired) electrons. The van der Waals surface area contributed by atoms with Crippen LogP contribution in [-0.2, 0) is 18.4 Å². The Labute approximate surface area is 120 Å². The Morgan fingerprint density at radius 3 is 2.70 bits per heavy atom. The van der Waals surface area contributed by atoms with Gasteiger partial charge in [-0.25, -0.2) is 0 Å². The third kappa shape index (κ3) is 3.03. The molecule has 2 rings (SSSR count). The summed E-state index contributed by atoms with van der Waals surface area (Å²) < 4.78 is 1.70. The van der Waals surface area contributed by atoms with Gasteiger partial charge >= 0.3 is 0 Å². The fourth-order valence-electron chi connectivity index (χ4n) is 3.39. The Balaban J connectivity index is 2.16. The van der Waals surface area contributed by atoms with Crippen LogP contribution in [-0.4, -0.2) is 15.7 Å². The Morgan fingerprint density at radius 2 is 2.15 bits per heavy atom. The molecule has 20 heavy (non-hydrogen) atoms. The molecule has 1 aromatic heterocycles. The van der Waals surface area contributed by atoms with Crippen LogP contribution >= 0.6 is 0 Å². The predicted octanol–water partition coefficient (Wildman–Crippen LogP) is 2.42. The zero-order valence-electron chi connectivity index (χ0n) is 12.8. The van der Waals surface area contributed by atoms with E-state index in [1.54, 1.807) is 4.68 Å². The molecule has 1 aromatic rings. The number of anilines is 1. The molecule has 1 amide bonds. The SMILES string of the molecule is CC(C)CC1(C(=O)Nc2nn(C)cc2CN)CCCC1. The summed E-state index contributed by atoms with van der Waals surface area (Å²) in [5.41, 5.74) is 6.38. The number of nitrogens with zero attached hydrogens (tertiary/aromatic N) is 2. The van der Waals surface area contributed by atoms with Gasteiger partial charge in [-0.05, 0) is 25.2 Å². The molecule has 1 aliphatic carbocycles. The van der Waals surface area contributed by atoms with Crippen molar-refractivity contribution in [3.8, 4) is 0 Å². The van der Waals surface area contributed by atoms with Gasteiger partial charge in [-0.2, -0.15) is 5.10 Å². The molecule has 112 valence electrons. The molecule has 3 N–H and O–H groups in total. The number of hydrogen-bond acceptors (Lipinski definition) is 3. The van der Waals surface area contributed by atoms with Crippen molar-refractivity contribution < 1.29 is 4.79 Å². The minimum Gasteiger partial charge on any atom is -0.326 e. The van der Waals surface area contributed by atoms with E-state index in [1.807, 2.05) is 13.2 Å². The minimum absolute atomic E-state index is 0.122. The van der Waals surface area contributed by atoms with Crippen LogP contribution in [0.1, 0.15) is 51.5 Å². The second kappa shape index (κ2) is 5.95. The second-order valence-electron chi connectivity index (χ2n) is 6.42. The minimum atomic E-state index is -0.211. The molecule has 0 aliphatic heterocycles. The molecule has 5 heteroatoms. The number of carbonyl (C=O) groups is 1. The van der Waals surface area contributed by atoms with E-state index in [2.05, 4.69) is 24.3 Å². The van der Waals surface area contributed by atoms with E-state index in [-0.39, 0.29) is 11.3 Å². The summed E-state index contributed by atoms with van der Waals surface area (Å²) in [6, 6.07) is 0. The highest BCUT2D eigenvalue weighted by Crippen LogP contribution is 2.44.